The van der Waals surface area contributed by atoms with Crippen molar-refractivity contribution in [2.75, 3.05) is 17.3 Å². The van der Waals surface area contributed by atoms with E-state index >= 15 is 0 Å². The second-order valence-corrected chi connectivity index (χ2v) is 2.00. The van der Waals surface area contributed by atoms with Crippen LogP contribution in [0.25, 0.3) is 0 Å². The standard InChI is InChI=1S/C6H11N5/c1-2-8-5-3-6(10-7)11-9-4-5/h3-4H,2,7H2,1H3,(H2,8,10,11). The molecule has 4 N–H and O–H groups in total. The summed E-state index contributed by atoms with van der Waals surface area (Å²) in [6.07, 6.45) is 1.64. The first kappa shape index (κ1) is 7.74. The highest BCUT2D eigenvalue weighted by molar-refractivity contribution is 5.49. The minimum absolute atomic E-state index is 0.559. The quantitative estimate of drug-likeness (QED) is 0.427. The molecule has 0 radical (unpaired) electrons. The van der Waals surface area contributed by atoms with Gasteiger partial charge in [0.05, 0.1) is 11.9 Å². The molecule has 5 heteroatoms. The van der Waals surface area contributed by atoms with Crippen LogP contribution in [0.1, 0.15) is 6.92 Å². The number of nitrogens with two attached hydrogens (primary N) is 1. The summed E-state index contributed by atoms with van der Waals surface area (Å²) in [7, 11) is 0. The Labute approximate surface area is 65.0 Å². The summed E-state index contributed by atoms with van der Waals surface area (Å²) in [4.78, 5) is 0. The maximum atomic E-state index is 5.13. The summed E-state index contributed by atoms with van der Waals surface area (Å²) in [5, 5.41) is 10.5. The van der Waals surface area contributed by atoms with E-state index in [2.05, 4.69) is 20.9 Å². The van der Waals surface area contributed by atoms with E-state index in [4.69, 9.17) is 5.84 Å². The molecule has 60 valence electrons. The molecule has 5 nitrogen and oxygen atoms in total. The average molecular weight is 153 g/mol. The van der Waals surface area contributed by atoms with Crippen molar-refractivity contribution in [1.82, 2.24) is 10.2 Å². The van der Waals surface area contributed by atoms with Gasteiger partial charge in [0.1, 0.15) is 0 Å². The van der Waals surface area contributed by atoms with Crippen LogP contribution in [0.2, 0.25) is 0 Å². The zero-order chi connectivity index (χ0) is 8.10. The van der Waals surface area contributed by atoms with Gasteiger partial charge in [-0.2, -0.15) is 5.10 Å². The Hall–Kier alpha value is -1.36. The van der Waals surface area contributed by atoms with Gasteiger partial charge in [-0.25, -0.2) is 5.84 Å². The second-order valence-electron chi connectivity index (χ2n) is 2.00. The topological polar surface area (TPSA) is 75.9 Å². The molecule has 0 aliphatic carbocycles. The maximum Gasteiger partial charge on any atom is 0.164 e. The highest BCUT2D eigenvalue weighted by atomic mass is 15.3. The van der Waals surface area contributed by atoms with Gasteiger partial charge in [-0.05, 0) is 6.92 Å². The van der Waals surface area contributed by atoms with Gasteiger partial charge < -0.3 is 10.7 Å². The van der Waals surface area contributed by atoms with Crippen molar-refractivity contribution < 1.29 is 0 Å². The predicted molar refractivity (Wildman–Crippen MR) is 44.0 cm³/mol. The van der Waals surface area contributed by atoms with Gasteiger partial charge in [0.2, 0.25) is 0 Å². The van der Waals surface area contributed by atoms with Crippen molar-refractivity contribution in [3.05, 3.63) is 12.3 Å². The molecule has 0 saturated heterocycles. The fourth-order valence-electron chi connectivity index (χ4n) is 0.738. The van der Waals surface area contributed by atoms with Crippen LogP contribution in [0.4, 0.5) is 11.5 Å². The fourth-order valence-corrected chi connectivity index (χ4v) is 0.738. The van der Waals surface area contributed by atoms with Crippen molar-refractivity contribution >= 4 is 11.5 Å². The van der Waals surface area contributed by atoms with E-state index < -0.39 is 0 Å². The highest BCUT2D eigenvalue weighted by Crippen LogP contribution is 2.07. The molecule has 0 aliphatic rings. The number of anilines is 2. The van der Waals surface area contributed by atoms with Gasteiger partial charge in [0.15, 0.2) is 5.82 Å². The molecule has 0 spiro atoms. The Bertz CT molecular complexity index is 224. The molecular formula is C6H11N5. The zero-order valence-electron chi connectivity index (χ0n) is 6.33. The molecule has 0 amide bonds. The van der Waals surface area contributed by atoms with Gasteiger partial charge in [-0.15, -0.1) is 5.10 Å². The average Bonchev–Trinajstić information content (AvgIpc) is 2.06. The molecule has 1 aromatic rings. The van der Waals surface area contributed by atoms with E-state index in [1.54, 1.807) is 12.3 Å². The van der Waals surface area contributed by atoms with Crippen LogP contribution < -0.4 is 16.6 Å². The van der Waals surface area contributed by atoms with Crippen LogP contribution in [0, 0.1) is 0 Å². The first-order chi connectivity index (χ1) is 5.36. The van der Waals surface area contributed by atoms with E-state index in [1.807, 2.05) is 6.92 Å². The van der Waals surface area contributed by atoms with E-state index in [0.717, 1.165) is 12.2 Å². The van der Waals surface area contributed by atoms with Crippen molar-refractivity contribution in [2.24, 2.45) is 5.84 Å². The van der Waals surface area contributed by atoms with Crippen LogP contribution in [-0.2, 0) is 0 Å². The molecule has 0 aromatic carbocycles. The lowest BCUT2D eigenvalue weighted by Crippen LogP contribution is -2.09. The number of aromatic nitrogens is 2. The van der Waals surface area contributed by atoms with Gasteiger partial charge in [0.25, 0.3) is 0 Å². The maximum absolute atomic E-state index is 5.13. The molecule has 0 bridgehead atoms. The summed E-state index contributed by atoms with van der Waals surface area (Å²) in [6, 6.07) is 1.79. The SMILES string of the molecule is CCNc1cnnc(NN)c1. The molecule has 0 aliphatic heterocycles. The molecule has 0 fully saturated rings. The largest absolute Gasteiger partial charge is 0.384 e. The van der Waals surface area contributed by atoms with Crippen LogP contribution >= 0.6 is 0 Å². The molecule has 0 unspecified atom stereocenters. The van der Waals surface area contributed by atoms with Crippen LogP contribution in [0.5, 0.6) is 0 Å². The second kappa shape index (κ2) is 3.72. The number of rotatable bonds is 3. The molecular weight excluding hydrogens is 142 g/mol. The van der Waals surface area contributed by atoms with E-state index in [0.29, 0.717) is 5.82 Å². The summed E-state index contributed by atoms with van der Waals surface area (Å²) in [5.74, 6) is 5.69. The number of nitrogens with zero attached hydrogens (tertiary/aromatic N) is 2. The number of nitrogen functional groups attached to an aromatic ring is 1. The van der Waals surface area contributed by atoms with Crippen LogP contribution in [0.3, 0.4) is 0 Å². The highest BCUT2D eigenvalue weighted by Gasteiger charge is 1.93. The number of nitrogens with one attached hydrogen (secondary N) is 2. The van der Waals surface area contributed by atoms with E-state index in [9.17, 15) is 0 Å². The summed E-state index contributed by atoms with van der Waals surface area (Å²) < 4.78 is 0. The van der Waals surface area contributed by atoms with Crippen molar-refractivity contribution in [1.29, 1.82) is 0 Å². The van der Waals surface area contributed by atoms with Crippen molar-refractivity contribution in [2.45, 2.75) is 6.92 Å². The fraction of sp³-hybridized carbons (Fsp3) is 0.333. The predicted octanol–water partition coefficient (Wildman–Crippen LogP) is 0.194. The van der Waals surface area contributed by atoms with Gasteiger partial charge in [0, 0.05) is 12.6 Å². The van der Waals surface area contributed by atoms with Crippen LogP contribution in [0.15, 0.2) is 12.3 Å². The Balaban J connectivity index is 2.74. The lowest BCUT2D eigenvalue weighted by Gasteiger charge is -2.02. The molecule has 1 rings (SSSR count). The minimum atomic E-state index is 0.559. The van der Waals surface area contributed by atoms with Gasteiger partial charge in [-0.1, -0.05) is 0 Å². The van der Waals surface area contributed by atoms with Crippen LogP contribution in [-0.4, -0.2) is 16.7 Å². The van der Waals surface area contributed by atoms with Crippen molar-refractivity contribution in [3.8, 4) is 0 Å². The molecule has 11 heavy (non-hydrogen) atoms. The third-order valence-electron chi connectivity index (χ3n) is 1.18. The lowest BCUT2D eigenvalue weighted by molar-refractivity contribution is 1.01. The third-order valence-corrected chi connectivity index (χ3v) is 1.18. The molecule has 0 saturated carbocycles. The van der Waals surface area contributed by atoms with E-state index in [1.165, 1.54) is 0 Å². The Morgan fingerprint density at radius 3 is 3.09 bits per heavy atom. The van der Waals surface area contributed by atoms with E-state index in [-0.39, 0.29) is 0 Å². The van der Waals surface area contributed by atoms with Gasteiger partial charge >= 0.3 is 0 Å². The normalized spacial score (nSPS) is 9.27. The minimum Gasteiger partial charge on any atom is -0.384 e. The monoisotopic (exact) mass is 153 g/mol. The smallest absolute Gasteiger partial charge is 0.164 e. The first-order valence-corrected chi connectivity index (χ1v) is 3.40. The molecule has 0 atom stereocenters. The summed E-state index contributed by atoms with van der Waals surface area (Å²) >= 11 is 0. The Morgan fingerprint density at radius 1 is 1.64 bits per heavy atom. The number of hydrogen-bond acceptors (Lipinski definition) is 5. The third kappa shape index (κ3) is 2.05. The Kier molecular flexibility index (Phi) is 2.62. The van der Waals surface area contributed by atoms with Gasteiger partial charge in [-0.3, -0.25) is 0 Å². The number of hydrazine groups is 1. The zero-order valence-corrected chi connectivity index (χ0v) is 6.33. The summed E-state index contributed by atoms with van der Waals surface area (Å²) in [6.45, 7) is 2.87. The molecule has 1 aromatic heterocycles. The summed E-state index contributed by atoms with van der Waals surface area (Å²) in [5.41, 5.74) is 3.32. The lowest BCUT2D eigenvalue weighted by atomic mass is 10.4. The Morgan fingerprint density at radius 2 is 2.45 bits per heavy atom. The number of hydrogen-bond donors (Lipinski definition) is 3. The molecule has 1 heterocycles. The van der Waals surface area contributed by atoms with Crippen molar-refractivity contribution in [3.63, 3.8) is 0 Å². The first-order valence-electron chi connectivity index (χ1n) is 3.40.